The minimum Gasteiger partial charge on any atom is -0.506 e. The average Bonchev–Trinajstić information content (AvgIpc) is 2.31. The predicted molar refractivity (Wildman–Crippen MR) is 64.0 cm³/mol. The summed E-state index contributed by atoms with van der Waals surface area (Å²) in [7, 11) is 0. The Kier molecular flexibility index (Phi) is 8.91. The molecule has 5 nitrogen and oxygen atoms in total. The van der Waals surface area contributed by atoms with Gasteiger partial charge < -0.3 is 14.6 Å². The Morgan fingerprint density at radius 1 is 1.41 bits per heavy atom. The summed E-state index contributed by atoms with van der Waals surface area (Å²) in [5.41, 5.74) is 0.0810. The van der Waals surface area contributed by atoms with E-state index in [4.69, 9.17) is 14.6 Å². The van der Waals surface area contributed by atoms with Crippen LogP contribution in [0, 0.1) is 0 Å². The second-order valence-corrected chi connectivity index (χ2v) is 3.00. The standard InChI is InChI=1S/C6H5NO2.C6H14O2/c8-4-5-6(9)2-1-3-7-5;1-4-7-6(3)8-5-2/h1-4,9H;6H,4-5H2,1-3H3. The molecule has 0 saturated heterocycles. The van der Waals surface area contributed by atoms with E-state index in [1.54, 1.807) is 6.07 Å². The van der Waals surface area contributed by atoms with Crippen LogP contribution in [0.3, 0.4) is 0 Å². The number of carbonyl (C=O) groups excluding carboxylic acids is 1. The van der Waals surface area contributed by atoms with Crippen molar-refractivity contribution in [3.05, 3.63) is 24.0 Å². The van der Waals surface area contributed by atoms with E-state index < -0.39 is 0 Å². The maximum absolute atomic E-state index is 10.0. The lowest BCUT2D eigenvalue weighted by Crippen LogP contribution is -2.11. The quantitative estimate of drug-likeness (QED) is 0.630. The summed E-state index contributed by atoms with van der Waals surface area (Å²) in [4.78, 5) is 13.6. The lowest BCUT2D eigenvalue weighted by atomic mass is 10.3. The molecule has 1 aromatic heterocycles. The van der Waals surface area contributed by atoms with Gasteiger partial charge in [-0.2, -0.15) is 0 Å². The van der Waals surface area contributed by atoms with Crippen molar-refractivity contribution in [3.63, 3.8) is 0 Å². The first-order chi connectivity index (χ1) is 8.15. The summed E-state index contributed by atoms with van der Waals surface area (Å²) in [6.45, 7) is 7.25. The van der Waals surface area contributed by atoms with Crippen molar-refractivity contribution in [2.45, 2.75) is 27.1 Å². The molecule has 1 rings (SSSR count). The van der Waals surface area contributed by atoms with Crippen LogP contribution < -0.4 is 0 Å². The summed E-state index contributed by atoms with van der Waals surface area (Å²) in [6, 6.07) is 2.97. The van der Waals surface area contributed by atoms with Crippen LogP contribution in [0.2, 0.25) is 0 Å². The summed E-state index contributed by atoms with van der Waals surface area (Å²) >= 11 is 0. The van der Waals surface area contributed by atoms with Crippen LogP contribution in [-0.4, -0.2) is 35.9 Å². The molecule has 96 valence electrons. The number of carbonyl (C=O) groups is 1. The van der Waals surface area contributed by atoms with Crippen molar-refractivity contribution in [1.82, 2.24) is 4.98 Å². The molecule has 0 radical (unpaired) electrons. The third-order valence-corrected chi connectivity index (χ3v) is 1.73. The molecule has 0 aromatic carbocycles. The largest absolute Gasteiger partial charge is 0.506 e. The van der Waals surface area contributed by atoms with Gasteiger partial charge in [0, 0.05) is 19.4 Å². The highest BCUT2D eigenvalue weighted by atomic mass is 16.7. The Morgan fingerprint density at radius 2 is 2.00 bits per heavy atom. The highest BCUT2D eigenvalue weighted by molar-refractivity contribution is 5.75. The fraction of sp³-hybridized carbons (Fsp3) is 0.500. The fourth-order valence-corrected chi connectivity index (χ4v) is 1.02. The minimum atomic E-state index is -0.0764. The third kappa shape index (κ3) is 7.43. The van der Waals surface area contributed by atoms with Gasteiger partial charge >= 0.3 is 0 Å². The van der Waals surface area contributed by atoms with E-state index in [-0.39, 0.29) is 17.7 Å². The maximum atomic E-state index is 10.0. The molecule has 0 bridgehead atoms. The van der Waals surface area contributed by atoms with Gasteiger partial charge in [-0.15, -0.1) is 0 Å². The first-order valence-corrected chi connectivity index (χ1v) is 5.48. The first kappa shape index (κ1) is 15.5. The summed E-state index contributed by atoms with van der Waals surface area (Å²) in [6.07, 6.45) is 1.92. The molecule has 0 saturated carbocycles. The van der Waals surface area contributed by atoms with Crippen molar-refractivity contribution < 1.29 is 19.4 Å². The highest BCUT2D eigenvalue weighted by Gasteiger charge is 1.95. The molecule has 0 aliphatic carbocycles. The van der Waals surface area contributed by atoms with Crippen LogP contribution in [-0.2, 0) is 9.47 Å². The molecule has 0 amide bonds. The zero-order chi connectivity index (χ0) is 13.1. The first-order valence-electron chi connectivity index (χ1n) is 5.48. The van der Waals surface area contributed by atoms with E-state index in [1.165, 1.54) is 12.3 Å². The molecule has 0 atom stereocenters. The topological polar surface area (TPSA) is 68.7 Å². The Balaban J connectivity index is 0.000000304. The SMILES string of the molecule is CCOC(C)OCC.O=Cc1ncccc1O. The molecule has 1 N–H and O–H groups in total. The van der Waals surface area contributed by atoms with Crippen LogP contribution in [0.5, 0.6) is 5.75 Å². The van der Waals surface area contributed by atoms with Gasteiger partial charge in [-0.05, 0) is 32.9 Å². The Bertz CT molecular complexity index is 311. The molecule has 1 heterocycles. The number of hydrogen-bond donors (Lipinski definition) is 1. The third-order valence-electron chi connectivity index (χ3n) is 1.73. The van der Waals surface area contributed by atoms with Gasteiger partial charge in [0.25, 0.3) is 0 Å². The van der Waals surface area contributed by atoms with Crippen molar-refractivity contribution in [1.29, 1.82) is 0 Å². The van der Waals surface area contributed by atoms with E-state index in [1.807, 2.05) is 20.8 Å². The highest BCUT2D eigenvalue weighted by Crippen LogP contribution is 2.08. The van der Waals surface area contributed by atoms with Crippen molar-refractivity contribution >= 4 is 6.29 Å². The fourth-order valence-electron chi connectivity index (χ4n) is 1.02. The van der Waals surface area contributed by atoms with Crippen LogP contribution in [0.15, 0.2) is 18.3 Å². The van der Waals surface area contributed by atoms with Gasteiger partial charge in [-0.1, -0.05) is 0 Å². The molecule has 0 fully saturated rings. The Hall–Kier alpha value is -1.46. The zero-order valence-corrected chi connectivity index (χ0v) is 10.4. The van der Waals surface area contributed by atoms with E-state index in [0.29, 0.717) is 6.29 Å². The Labute approximate surface area is 101 Å². The smallest absolute Gasteiger partial charge is 0.172 e. The van der Waals surface area contributed by atoms with Crippen LogP contribution in [0.1, 0.15) is 31.3 Å². The van der Waals surface area contributed by atoms with Crippen LogP contribution in [0.4, 0.5) is 0 Å². The van der Waals surface area contributed by atoms with Crippen LogP contribution >= 0.6 is 0 Å². The van der Waals surface area contributed by atoms with Crippen molar-refractivity contribution in [2.24, 2.45) is 0 Å². The van der Waals surface area contributed by atoms with E-state index in [2.05, 4.69) is 4.98 Å². The lowest BCUT2D eigenvalue weighted by molar-refractivity contribution is -0.123. The van der Waals surface area contributed by atoms with Crippen molar-refractivity contribution in [3.8, 4) is 5.75 Å². The molecule has 5 heteroatoms. The second kappa shape index (κ2) is 9.74. The molecule has 0 aliphatic heterocycles. The van der Waals surface area contributed by atoms with Gasteiger partial charge in [0.1, 0.15) is 11.4 Å². The van der Waals surface area contributed by atoms with E-state index in [9.17, 15) is 4.79 Å². The number of rotatable bonds is 5. The number of aldehydes is 1. The predicted octanol–water partition coefficient (Wildman–Crippen LogP) is 2.01. The summed E-state index contributed by atoms with van der Waals surface area (Å²) in [5.74, 6) is -0.0764. The number of aromatic nitrogens is 1. The van der Waals surface area contributed by atoms with Gasteiger partial charge in [0.05, 0.1) is 0 Å². The lowest BCUT2D eigenvalue weighted by Gasteiger charge is -2.09. The molecule has 0 aliphatic rings. The molecule has 17 heavy (non-hydrogen) atoms. The normalized spacial score (nSPS) is 9.65. The molecular weight excluding hydrogens is 222 g/mol. The summed E-state index contributed by atoms with van der Waals surface area (Å²) in [5, 5.41) is 8.82. The number of hydrogen-bond acceptors (Lipinski definition) is 5. The Morgan fingerprint density at radius 3 is 2.35 bits per heavy atom. The number of nitrogens with zero attached hydrogens (tertiary/aromatic N) is 1. The summed E-state index contributed by atoms with van der Waals surface area (Å²) < 4.78 is 10.1. The molecule has 0 unspecified atom stereocenters. The zero-order valence-electron chi connectivity index (χ0n) is 10.4. The number of aromatic hydroxyl groups is 1. The van der Waals surface area contributed by atoms with E-state index >= 15 is 0 Å². The second-order valence-electron chi connectivity index (χ2n) is 3.00. The number of ether oxygens (including phenoxy) is 2. The molecule has 0 spiro atoms. The van der Waals surface area contributed by atoms with Gasteiger partial charge in [-0.25, -0.2) is 4.98 Å². The van der Waals surface area contributed by atoms with Crippen molar-refractivity contribution in [2.75, 3.05) is 13.2 Å². The van der Waals surface area contributed by atoms with Gasteiger partial charge in [0.15, 0.2) is 12.6 Å². The number of pyridine rings is 1. The minimum absolute atomic E-state index is 0.0370. The van der Waals surface area contributed by atoms with Gasteiger partial charge in [-0.3, -0.25) is 4.79 Å². The van der Waals surface area contributed by atoms with Crippen LogP contribution in [0.25, 0.3) is 0 Å². The van der Waals surface area contributed by atoms with Gasteiger partial charge in [0.2, 0.25) is 0 Å². The maximum Gasteiger partial charge on any atom is 0.172 e. The monoisotopic (exact) mass is 241 g/mol. The average molecular weight is 241 g/mol. The molecule has 1 aromatic rings. The molecular formula is C12H19NO4. The van der Waals surface area contributed by atoms with E-state index in [0.717, 1.165) is 13.2 Å².